The van der Waals surface area contributed by atoms with Crippen molar-refractivity contribution in [3.05, 3.63) is 53.3 Å². The Kier molecular flexibility index (Phi) is 3.06. The molecule has 2 heterocycles. The fourth-order valence-electron chi connectivity index (χ4n) is 2.13. The van der Waals surface area contributed by atoms with E-state index in [1.54, 1.807) is 12.4 Å². The van der Waals surface area contributed by atoms with Gasteiger partial charge in [-0.15, -0.1) is 10.2 Å². The summed E-state index contributed by atoms with van der Waals surface area (Å²) in [5.41, 5.74) is 5.48. The lowest BCUT2D eigenvalue weighted by Gasteiger charge is -2.06. The van der Waals surface area contributed by atoms with Crippen LogP contribution < -0.4 is 0 Å². The van der Waals surface area contributed by atoms with E-state index in [0.29, 0.717) is 11.8 Å². The molecule has 0 bridgehead atoms. The molecule has 20 heavy (non-hydrogen) atoms. The third-order valence-electron chi connectivity index (χ3n) is 3.42. The Hall–Kier alpha value is -2.49. The van der Waals surface area contributed by atoms with E-state index in [1.165, 1.54) is 11.1 Å². The monoisotopic (exact) mass is 265 g/mol. The zero-order valence-electron chi connectivity index (χ0n) is 11.7. The van der Waals surface area contributed by atoms with Gasteiger partial charge in [0.25, 0.3) is 0 Å². The smallest absolute Gasteiger partial charge is 0.248 e. The van der Waals surface area contributed by atoms with Gasteiger partial charge in [0.2, 0.25) is 11.8 Å². The minimum atomic E-state index is 0.514. The van der Waals surface area contributed by atoms with Crippen molar-refractivity contribution in [2.45, 2.75) is 20.8 Å². The predicted octanol–water partition coefficient (Wildman–Crippen LogP) is 3.72. The summed E-state index contributed by atoms with van der Waals surface area (Å²) >= 11 is 0. The lowest BCUT2D eigenvalue weighted by atomic mass is 10.0. The van der Waals surface area contributed by atoms with Gasteiger partial charge < -0.3 is 4.42 Å². The SMILES string of the molecule is Cc1cc(C)c(-c2nnc(-c3ccncc3)o2)cc1C. The van der Waals surface area contributed by atoms with Crippen LogP contribution in [0.2, 0.25) is 0 Å². The van der Waals surface area contributed by atoms with Gasteiger partial charge in [-0.05, 0) is 55.7 Å². The Morgan fingerprint density at radius 2 is 1.45 bits per heavy atom. The summed E-state index contributed by atoms with van der Waals surface area (Å²) in [7, 11) is 0. The first-order valence-corrected chi connectivity index (χ1v) is 6.47. The Labute approximate surface area is 117 Å². The maximum atomic E-state index is 5.78. The first kappa shape index (κ1) is 12.5. The number of aryl methyl sites for hydroxylation is 3. The molecule has 0 unspecified atom stereocenters. The third-order valence-corrected chi connectivity index (χ3v) is 3.42. The van der Waals surface area contributed by atoms with E-state index >= 15 is 0 Å². The first-order valence-electron chi connectivity index (χ1n) is 6.47. The van der Waals surface area contributed by atoms with Crippen LogP contribution >= 0.6 is 0 Å². The number of rotatable bonds is 2. The predicted molar refractivity (Wildman–Crippen MR) is 77.2 cm³/mol. The van der Waals surface area contributed by atoms with E-state index in [4.69, 9.17) is 4.42 Å². The zero-order valence-corrected chi connectivity index (χ0v) is 11.7. The highest BCUT2D eigenvalue weighted by Gasteiger charge is 2.13. The average molecular weight is 265 g/mol. The van der Waals surface area contributed by atoms with Crippen LogP contribution in [0.1, 0.15) is 16.7 Å². The molecule has 3 rings (SSSR count). The van der Waals surface area contributed by atoms with Crippen molar-refractivity contribution >= 4 is 0 Å². The van der Waals surface area contributed by atoms with Crippen LogP contribution in [-0.4, -0.2) is 15.2 Å². The Balaban J connectivity index is 2.05. The van der Waals surface area contributed by atoms with Crippen LogP contribution in [-0.2, 0) is 0 Å². The van der Waals surface area contributed by atoms with Crippen LogP contribution in [0.25, 0.3) is 22.9 Å². The van der Waals surface area contributed by atoms with Gasteiger partial charge in [0.15, 0.2) is 0 Å². The minimum Gasteiger partial charge on any atom is -0.416 e. The zero-order chi connectivity index (χ0) is 14.1. The molecule has 0 radical (unpaired) electrons. The topological polar surface area (TPSA) is 51.8 Å². The van der Waals surface area contributed by atoms with Crippen LogP contribution in [0, 0.1) is 20.8 Å². The molecular weight excluding hydrogens is 250 g/mol. The molecule has 0 amide bonds. The number of hydrogen-bond acceptors (Lipinski definition) is 4. The largest absolute Gasteiger partial charge is 0.416 e. The van der Waals surface area contributed by atoms with E-state index in [9.17, 15) is 0 Å². The second kappa shape index (κ2) is 4.89. The molecule has 1 aromatic carbocycles. The minimum absolute atomic E-state index is 0.514. The number of pyridine rings is 1. The molecule has 0 N–H and O–H groups in total. The van der Waals surface area contributed by atoms with Crippen molar-refractivity contribution in [2.24, 2.45) is 0 Å². The molecule has 3 aromatic rings. The Bertz CT molecular complexity index is 748. The summed E-state index contributed by atoms with van der Waals surface area (Å²) in [5, 5.41) is 8.27. The molecule has 0 aliphatic rings. The highest BCUT2D eigenvalue weighted by molar-refractivity contribution is 5.62. The van der Waals surface area contributed by atoms with Gasteiger partial charge in [-0.1, -0.05) is 6.07 Å². The molecule has 0 aliphatic heterocycles. The fourth-order valence-corrected chi connectivity index (χ4v) is 2.13. The van der Waals surface area contributed by atoms with Crippen LogP contribution in [0.5, 0.6) is 0 Å². The third kappa shape index (κ3) is 2.20. The molecule has 0 fully saturated rings. The van der Waals surface area contributed by atoms with E-state index in [1.807, 2.05) is 12.1 Å². The van der Waals surface area contributed by atoms with Gasteiger partial charge >= 0.3 is 0 Å². The number of aromatic nitrogens is 3. The lowest BCUT2D eigenvalue weighted by molar-refractivity contribution is 0.584. The molecule has 4 nitrogen and oxygen atoms in total. The standard InChI is InChI=1S/C16H15N3O/c1-10-8-12(3)14(9-11(10)2)16-19-18-15(20-16)13-4-6-17-7-5-13/h4-9H,1-3H3. The molecule has 100 valence electrons. The molecular formula is C16H15N3O. The van der Waals surface area contributed by atoms with Crippen molar-refractivity contribution in [1.29, 1.82) is 0 Å². The Morgan fingerprint density at radius 3 is 2.20 bits per heavy atom. The summed E-state index contributed by atoms with van der Waals surface area (Å²) in [5.74, 6) is 1.07. The molecule has 0 spiro atoms. The summed E-state index contributed by atoms with van der Waals surface area (Å²) in [6.07, 6.45) is 3.42. The van der Waals surface area contributed by atoms with Gasteiger partial charge in [0.05, 0.1) is 0 Å². The van der Waals surface area contributed by atoms with Gasteiger partial charge in [-0.25, -0.2) is 0 Å². The van der Waals surface area contributed by atoms with Crippen molar-refractivity contribution in [3.8, 4) is 22.9 Å². The fraction of sp³-hybridized carbons (Fsp3) is 0.188. The highest BCUT2D eigenvalue weighted by Crippen LogP contribution is 2.27. The van der Waals surface area contributed by atoms with Crippen molar-refractivity contribution in [2.75, 3.05) is 0 Å². The van der Waals surface area contributed by atoms with Crippen molar-refractivity contribution in [1.82, 2.24) is 15.2 Å². The van der Waals surface area contributed by atoms with E-state index < -0.39 is 0 Å². The summed E-state index contributed by atoms with van der Waals surface area (Å²) in [6, 6.07) is 7.94. The molecule has 0 saturated carbocycles. The number of benzene rings is 1. The van der Waals surface area contributed by atoms with Crippen molar-refractivity contribution < 1.29 is 4.42 Å². The quantitative estimate of drug-likeness (QED) is 0.708. The molecule has 0 atom stereocenters. The lowest BCUT2D eigenvalue weighted by Crippen LogP contribution is -1.88. The van der Waals surface area contributed by atoms with Crippen molar-refractivity contribution in [3.63, 3.8) is 0 Å². The maximum absolute atomic E-state index is 5.78. The van der Waals surface area contributed by atoms with Crippen LogP contribution in [0.3, 0.4) is 0 Å². The van der Waals surface area contributed by atoms with Crippen LogP contribution in [0.15, 0.2) is 41.1 Å². The van der Waals surface area contributed by atoms with E-state index in [0.717, 1.165) is 16.7 Å². The number of hydrogen-bond donors (Lipinski definition) is 0. The van der Waals surface area contributed by atoms with Gasteiger partial charge in [-0.2, -0.15) is 0 Å². The molecule has 0 aliphatic carbocycles. The van der Waals surface area contributed by atoms with Gasteiger partial charge in [0.1, 0.15) is 0 Å². The highest BCUT2D eigenvalue weighted by atomic mass is 16.4. The number of nitrogens with zero attached hydrogens (tertiary/aromatic N) is 3. The van der Waals surface area contributed by atoms with Crippen LogP contribution in [0.4, 0.5) is 0 Å². The second-order valence-corrected chi connectivity index (χ2v) is 4.90. The average Bonchev–Trinajstić information content (AvgIpc) is 2.93. The normalized spacial score (nSPS) is 10.8. The first-order chi connectivity index (χ1) is 9.65. The molecule has 2 aromatic heterocycles. The summed E-state index contributed by atoms with van der Waals surface area (Å²) in [4.78, 5) is 3.98. The molecule has 0 saturated heterocycles. The van der Waals surface area contributed by atoms with E-state index in [2.05, 4.69) is 48.1 Å². The van der Waals surface area contributed by atoms with Gasteiger partial charge in [0, 0.05) is 23.5 Å². The maximum Gasteiger partial charge on any atom is 0.248 e. The Morgan fingerprint density at radius 1 is 0.800 bits per heavy atom. The summed E-state index contributed by atoms with van der Waals surface area (Å²) < 4.78 is 5.78. The summed E-state index contributed by atoms with van der Waals surface area (Å²) in [6.45, 7) is 6.23. The molecule has 4 heteroatoms. The van der Waals surface area contributed by atoms with Gasteiger partial charge in [-0.3, -0.25) is 4.98 Å². The van der Waals surface area contributed by atoms with E-state index in [-0.39, 0.29) is 0 Å². The second-order valence-electron chi connectivity index (χ2n) is 4.90.